The lowest BCUT2D eigenvalue weighted by Gasteiger charge is -2.22. The second kappa shape index (κ2) is 16.8. The molecule has 0 aliphatic carbocycles. The molecule has 3 rings (SSSR count). The number of aldehydes is 1. The largest absolute Gasteiger partial charge is 0.483 e. The minimum absolute atomic E-state index is 0.226. The fourth-order valence-corrected chi connectivity index (χ4v) is 4.50. The number of benzene rings is 2. The van der Waals surface area contributed by atoms with E-state index in [1.807, 2.05) is 38.0 Å². The van der Waals surface area contributed by atoms with Gasteiger partial charge in [0.1, 0.15) is 6.79 Å². The third-order valence-electron chi connectivity index (χ3n) is 5.53. The Hall–Kier alpha value is -3.04. The molecule has 0 saturated carbocycles. The Labute approximate surface area is 237 Å². The van der Waals surface area contributed by atoms with Crippen LogP contribution in [0.3, 0.4) is 0 Å². The molecule has 1 unspecified atom stereocenters. The van der Waals surface area contributed by atoms with Gasteiger partial charge in [-0.2, -0.15) is 0 Å². The lowest BCUT2D eigenvalue weighted by atomic mass is 9.88. The lowest BCUT2D eigenvalue weighted by Crippen LogP contribution is -2.40. The number of nitrogens with one attached hydrogen (secondary N) is 1. The number of hydrogen-bond donors (Lipinski definition) is 3. The SMILES string of the molecule is C=O.CC(C)(C)O.CCc1c(C)c(C=O)c2c(cc(C)n2CC(C)NN(C)C)c1-c1ccc(Cl)cc1.O=CO. The summed E-state index contributed by atoms with van der Waals surface area (Å²) in [6.45, 7) is 16.2. The Morgan fingerprint density at radius 2 is 1.62 bits per heavy atom. The molecule has 0 aliphatic rings. The number of aryl methyl sites for hydroxylation is 1. The fraction of sp³-hybridized carbons (Fsp3) is 0.433. The van der Waals surface area contributed by atoms with Gasteiger partial charge in [0.2, 0.25) is 0 Å². The Balaban J connectivity index is 0.00000125. The van der Waals surface area contributed by atoms with Crippen LogP contribution in [0, 0.1) is 13.8 Å². The quantitative estimate of drug-likeness (QED) is 0.250. The van der Waals surface area contributed by atoms with E-state index in [0.717, 1.165) is 57.6 Å². The van der Waals surface area contributed by atoms with E-state index in [9.17, 15) is 4.79 Å². The summed E-state index contributed by atoms with van der Waals surface area (Å²) in [5.41, 5.74) is 10.5. The molecule has 0 amide bonds. The van der Waals surface area contributed by atoms with E-state index in [1.54, 1.807) is 20.8 Å². The van der Waals surface area contributed by atoms with Gasteiger partial charge in [0.15, 0.2) is 6.29 Å². The first kappa shape index (κ1) is 36.0. The molecule has 0 bridgehead atoms. The van der Waals surface area contributed by atoms with Gasteiger partial charge >= 0.3 is 0 Å². The van der Waals surface area contributed by atoms with Crippen LogP contribution in [0.15, 0.2) is 30.3 Å². The van der Waals surface area contributed by atoms with Crippen LogP contribution in [0.2, 0.25) is 5.02 Å². The van der Waals surface area contributed by atoms with Crippen LogP contribution < -0.4 is 5.43 Å². The van der Waals surface area contributed by atoms with Gasteiger partial charge in [0, 0.05) is 48.3 Å². The normalized spacial score (nSPS) is 11.4. The average Bonchev–Trinajstić information content (AvgIpc) is 3.14. The van der Waals surface area contributed by atoms with Gasteiger partial charge in [0.25, 0.3) is 6.47 Å². The molecule has 216 valence electrons. The first-order valence-electron chi connectivity index (χ1n) is 12.6. The Bertz CT molecular complexity index is 1190. The molecule has 0 fully saturated rings. The van der Waals surface area contributed by atoms with E-state index in [4.69, 9.17) is 31.4 Å². The van der Waals surface area contributed by atoms with Crippen LogP contribution >= 0.6 is 11.6 Å². The van der Waals surface area contributed by atoms with E-state index in [2.05, 4.69) is 55.9 Å². The molecular formula is C30H44ClN3O5. The fourth-order valence-electron chi connectivity index (χ4n) is 4.37. The number of carbonyl (C=O) groups is 3. The first-order valence-corrected chi connectivity index (χ1v) is 13.0. The highest BCUT2D eigenvalue weighted by Crippen LogP contribution is 2.39. The maximum Gasteiger partial charge on any atom is 0.290 e. The number of nitrogens with zero attached hydrogens (tertiary/aromatic N) is 2. The van der Waals surface area contributed by atoms with Crippen LogP contribution in [0.1, 0.15) is 61.8 Å². The number of aromatic nitrogens is 1. The molecule has 9 heteroatoms. The van der Waals surface area contributed by atoms with Crippen LogP contribution in [-0.4, -0.2) is 65.1 Å². The van der Waals surface area contributed by atoms with Crippen molar-refractivity contribution >= 4 is 42.1 Å². The number of hydrazine groups is 1. The van der Waals surface area contributed by atoms with Gasteiger partial charge < -0.3 is 19.6 Å². The van der Waals surface area contributed by atoms with Crippen molar-refractivity contribution < 1.29 is 24.6 Å². The number of halogens is 1. The molecule has 3 N–H and O–H groups in total. The zero-order chi connectivity index (χ0) is 30.5. The van der Waals surface area contributed by atoms with Crippen molar-refractivity contribution in [3.63, 3.8) is 0 Å². The van der Waals surface area contributed by atoms with E-state index in [-0.39, 0.29) is 12.5 Å². The number of carboxylic acid groups (broad SMARTS) is 1. The molecule has 1 atom stereocenters. The van der Waals surface area contributed by atoms with Crippen molar-refractivity contribution in [1.82, 2.24) is 15.0 Å². The summed E-state index contributed by atoms with van der Waals surface area (Å²) >= 11 is 6.14. The van der Waals surface area contributed by atoms with E-state index >= 15 is 0 Å². The monoisotopic (exact) mass is 561 g/mol. The van der Waals surface area contributed by atoms with Gasteiger partial charge in [0.05, 0.1) is 11.1 Å². The summed E-state index contributed by atoms with van der Waals surface area (Å²) in [7, 11) is 3.98. The number of aliphatic hydroxyl groups is 1. The topological polar surface area (TPSA) is 112 Å². The number of fused-ring (bicyclic) bond motifs is 1. The van der Waals surface area contributed by atoms with Crippen LogP contribution in [0.5, 0.6) is 0 Å². The summed E-state index contributed by atoms with van der Waals surface area (Å²) in [5, 5.41) is 19.2. The standard InChI is InChI=1S/C24H30ClN3O.C4H10O.CH2O2.CH2O/c1-7-20-17(4)22(14-29)24-21(23(20)18-8-10-19(25)11-9-18)12-16(3)28(24)13-15(2)26-27(5)6;1-4(2,3)5;2-1-3;1-2/h8-12,14-15,26H,7,13H2,1-6H3;5H,1-3H3;1H,(H,2,3);1H2. The van der Waals surface area contributed by atoms with E-state index < -0.39 is 5.60 Å². The Morgan fingerprint density at radius 1 is 1.13 bits per heavy atom. The van der Waals surface area contributed by atoms with Crippen molar-refractivity contribution in [3.8, 4) is 11.1 Å². The van der Waals surface area contributed by atoms with Gasteiger partial charge in [-0.1, -0.05) is 30.7 Å². The summed E-state index contributed by atoms with van der Waals surface area (Å²) in [5.74, 6) is 0. The molecule has 1 aromatic heterocycles. The van der Waals surface area contributed by atoms with Crippen molar-refractivity contribution in [1.29, 1.82) is 0 Å². The van der Waals surface area contributed by atoms with E-state index in [0.29, 0.717) is 0 Å². The molecule has 0 saturated heterocycles. The molecule has 1 heterocycles. The Morgan fingerprint density at radius 3 is 2.03 bits per heavy atom. The minimum Gasteiger partial charge on any atom is -0.483 e. The van der Waals surface area contributed by atoms with Crippen molar-refractivity contribution in [2.24, 2.45) is 0 Å². The predicted molar refractivity (Wildman–Crippen MR) is 161 cm³/mol. The highest BCUT2D eigenvalue weighted by atomic mass is 35.5. The first-order chi connectivity index (χ1) is 18.2. The zero-order valence-electron chi connectivity index (χ0n) is 24.6. The number of hydrogen-bond acceptors (Lipinski definition) is 6. The maximum absolute atomic E-state index is 12.2. The summed E-state index contributed by atoms with van der Waals surface area (Å²) in [4.78, 5) is 28.5. The molecule has 0 aliphatic heterocycles. The third kappa shape index (κ3) is 10.9. The Kier molecular flexibility index (Phi) is 15.5. The molecule has 0 spiro atoms. The molecule has 3 aromatic rings. The molecule has 0 radical (unpaired) electrons. The van der Waals surface area contributed by atoms with Gasteiger partial charge in [-0.15, -0.1) is 0 Å². The minimum atomic E-state index is -0.500. The second-order valence-corrected chi connectivity index (χ2v) is 10.7. The predicted octanol–water partition coefficient (Wildman–Crippen LogP) is 5.70. The van der Waals surface area contributed by atoms with Crippen molar-refractivity contribution in [3.05, 3.63) is 57.7 Å². The molecule has 8 nitrogen and oxygen atoms in total. The molecular weight excluding hydrogens is 518 g/mol. The van der Waals surface area contributed by atoms with Crippen molar-refractivity contribution in [2.75, 3.05) is 14.1 Å². The maximum atomic E-state index is 12.2. The average molecular weight is 562 g/mol. The van der Waals surface area contributed by atoms with Crippen LogP contribution in [0.25, 0.3) is 22.0 Å². The third-order valence-corrected chi connectivity index (χ3v) is 5.78. The molecule has 39 heavy (non-hydrogen) atoms. The summed E-state index contributed by atoms with van der Waals surface area (Å²) in [6, 6.07) is 10.4. The summed E-state index contributed by atoms with van der Waals surface area (Å²) < 4.78 is 2.27. The zero-order valence-corrected chi connectivity index (χ0v) is 25.4. The van der Waals surface area contributed by atoms with Crippen LogP contribution in [0.4, 0.5) is 0 Å². The smallest absolute Gasteiger partial charge is 0.290 e. The van der Waals surface area contributed by atoms with Gasteiger partial charge in [-0.25, -0.2) is 0 Å². The molecule has 2 aromatic carbocycles. The second-order valence-electron chi connectivity index (χ2n) is 10.2. The van der Waals surface area contributed by atoms with Crippen LogP contribution in [-0.2, 0) is 22.6 Å². The number of carbonyl (C=O) groups excluding carboxylic acids is 2. The highest BCUT2D eigenvalue weighted by molar-refractivity contribution is 6.30. The number of rotatable bonds is 7. The highest BCUT2D eigenvalue weighted by Gasteiger charge is 2.22. The van der Waals surface area contributed by atoms with Crippen molar-refractivity contribution in [2.45, 2.75) is 73.1 Å². The van der Waals surface area contributed by atoms with Gasteiger partial charge in [-0.05, 0) is 88.4 Å². The lowest BCUT2D eigenvalue weighted by molar-refractivity contribution is -0.122. The summed E-state index contributed by atoms with van der Waals surface area (Å²) in [6.07, 6.45) is 1.88. The van der Waals surface area contributed by atoms with Gasteiger partial charge in [-0.3, -0.25) is 20.0 Å². The van der Waals surface area contributed by atoms with E-state index in [1.165, 1.54) is 11.1 Å².